The molecular weight excluding hydrogens is 660 g/mol. The zero-order valence-electron chi connectivity index (χ0n) is 29.7. The summed E-state index contributed by atoms with van der Waals surface area (Å²) in [5.74, 6) is -1.97. The lowest BCUT2D eigenvalue weighted by molar-refractivity contribution is -0.192. The molecule has 12 heteroatoms. The average molecular weight is 706 g/mol. The first-order chi connectivity index (χ1) is 24.3. The van der Waals surface area contributed by atoms with Crippen LogP contribution in [0.25, 0.3) is 11.1 Å². The van der Waals surface area contributed by atoms with Gasteiger partial charge in [0, 0.05) is 45.1 Å². The van der Waals surface area contributed by atoms with Crippen molar-refractivity contribution < 1.29 is 42.1 Å². The number of halogens is 2. The first-order valence-corrected chi connectivity index (χ1v) is 17.4. The van der Waals surface area contributed by atoms with Crippen LogP contribution in [-0.4, -0.2) is 81.0 Å². The third-order valence-corrected chi connectivity index (χ3v) is 9.42. The van der Waals surface area contributed by atoms with E-state index in [0.717, 1.165) is 40.2 Å². The standard InChI is InChI=1S/C39H45F2N3O7/c1-38(2,3)51-37(47)42-19-17-31(27-11-6-9-25(21-27)26-10-7-12-30(22-26)49-5)32(24-42)35(45)44(28-13-14-28)29-15-16-34-33(23-29)43(18-8-20-48-4)36(46)39(40,41)50-34/h6-7,9-12,15-16,21-23,28,31-32H,8,13-14,17-20,24H2,1-5H3/t31-,32?/m1/s1. The second-order valence-corrected chi connectivity index (χ2v) is 14.3. The van der Waals surface area contributed by atoms with Crippen molar-refractivity contribution >= 4 is 29.3 Å². The van der Waals surface area contributed by atoms with Gasteiger partial charge < -0.3 is 33.6 Å². The molecule has 1 aliphatic carbocycles. The number of nitrogens with zero attached hydrogens (tertiary/aromatic N) is 3. The number of benzene rings is 3. The van der Waals surface area contributed by atoms with Crippen molar-refractivity contribution in [3.8, 4) is 22.6 Å². The first-order valence-electron chi connectivity index (χ1n) is 17.4. The van der Waals surface area contributed by atoms with E-state index in [1.807, 2.05) is 42.5 Å². The smallest absolute Gasteiger partial charge is 0.482 e. The third kappa shape index (κ3) is 7.96. The van der Waals surface area contributed by atoms with Gasteiger partial charge in [-0.15, -0.1) is 0 Å². The van der Waals surface area contributed by atoms with E-state index < -0.39 is 29.6 Å². The fourth-order valence-electron chi connectivity index (χ4n) is 6.86. The van der Waals surface area contributed by atoms with Gasteiger partial charge in [-0.25, -0.2) is 4.79 Å². The van der Waals surface area contributed by atoms with E-state index in [9.17, 15) is 23.2 Å². The molecule has 3 aromatic rings. The Morgan fingerprint density at radius 3 is 2.39 bits per heavy atom. The largest absolute Gasteiger partial charge is 0.497 e. The van der Waals surface area contributed by atoms with E-state index in [1.165, 1.54) is 13.2 Å². The molecule has 1 saturated heterocycles. The third-order valence-electron chi connectivity index (χ3n) is 9.42. The van der Waals surface area contributed by atoms with E-state index in [-0.39, 0.29) is 49.0 Å². The van der Waals surface area contributed by atoms with Gasteiger partial charge in [-0.1, -0.05) is 36.4 Å². The zero-order chi connectivity index (χ0) is 36.5. The van der Waals surface area contributed by atoms with Gasteiger partial charge in [-0.3, -0.25) is 9.59 Å². The summed E-state index contributed by atoms with van der Waals surface area (Å²) in [6.07, 6.45) is -2.15. The highest BCUT2D eigenvalue weighted by Crippen LogP contribution is 2.45. The number of hydrogen-bond donors (Lipinski definition) is 0. The summed E-state index contributed by atoms with van der Waals surface area (Å²) in [6, 6.07) is 20.3. The second kappa shape index (κ2) is 14.5. The molecule has 3 aliphatic rings. The molecule has 0 spiro atoms. The quantitative estimate of drug-likeness (QED) is 0.205. The van der Waals surface area contributed by atoms with Crippen LogP contribution in [0.5, 0.6) is 11.5 Å². The summed E-state index contributed by atoms with van der Waals surface area (Å²) in [5, 5.41) is 0. The molecule has 6 rings (SSSR count). The fraction of sp³-hybridized carbons (Fsp3) is 0.462. The molecule has 1 saturated carbocycles. The van der Waals surface area contributed by atoms with Crippen LogP contribution in [0.3, 0.4) is 0 Å². The number of piperidine rings is 1. The second-order valence-electron chi connectivity index (χ2n) is 14.3. The average Bonchev–Trinajstić information content (AvgIpc) is 3.94. The zero-order valence-corrected chi connectivity index (χ0v) is 29.7. The molecule has 2 aliphatic heterocycles. The van der Waals surface area contributed by atoms with E-state index in [4.69, 9.17) is 18.9 Å². The number of likely N-dealkylation sites (tertiary alicyclic amines) is 1. The summed E-state index contributed by atoms with van der Waals surface area (Å²) in [7, 11) is 3.12. The Bertz CT molecular complexity index is 1770. The Morgan fingerprint density at radius 1 is 0.980 bits per heavy atom. The SMILES string of the molecule is COCCCN1C(=O)C(F)(F)Oc2ccc(N(C(=O)C3CN(C(=O)OC(C)(C)C)CC[C@@H]3c3cccc(-c4cccc(OC)c4)c3)C3CC3)cc21. The maximum absolute atomic E-state index is 15.0. The molecule has 3 amide bonds. The molecule has 1 unspecified atom stereocenters. The molecular formula is C39H45F2N3O7. The molecule has 3 aromatic carbocycles. The van der Waals surface area contributed by atoms with Gasteiger partial charge in [0.25, 0.3) is 0 Å². The van der Waals surface area contributed by atoms with Crippen LogP contribution in [-0.2, 0) is 19.1 Å². The highest BCUT2D eigenvalue weighted by molar-refractivity contribution is 6.03. The molecule has 2 fully saturated rings. The molecule has 2 heterocycles. The summed E-state index contributed by atoms with van der Waals surface area (Å²) in [5.41, 5.74) is 2.82. The van der Waals surface area contributed by atoms with E-state index in [2.05, 4.69) is 6.07 Å². The van der Waals surface area contributed by atoms with Crippen LogP contribution >= 0.6 is 0 Å². The Hall–Kier alpha value is -4.71. The Kier molecular flexibility index (Phi) is 10.3. The molecule has 272 valence electrons. The van der Waals surface area contributed by atoms with Gasteiger partial charge in [0.15, 0.2) is 5.75 Å². The van der Waals surface area contributed by atoms with Crippen molar-refractivity contribution in [3.63, 3.8) is 0 Å². The van der Waals surface area contributed by atoms with Crippen LogP contribution in [0.4, 0.5) is 25.0 Å². The predicted molar refractivity (Wildman–Crippen MR) is 188 cm³/mol. The van der Waals surface area contributed by atoms with Crippen molar-refractivity contribution in [2.24, 2.45) is 5.92 Å². The molecule has 2 atom stereocenters. The number of methoxy groups -OCH3 is 2. The highest BCUT2D eigenvalue weighted by Gasteiger charge is 2.51. The van der Waals surface area contributed by atoms with Crippen molar-refractivity contribution in [2.75, 3.05) is 50.3 Å². The summed E-state index contributed by atoms with van der Waals surface area (Å²) < 4.78 is 50.4. The summed E-state index contributed by atoms with van der Waals surface area (Å²) in [4.78, 5) is 45.5. The highest BCUT2D eigenvalue weighted by atomic mass is 19.3. The maximum Gasteiger partial charge on any atom is 0.482 e. The van der Waals surface area contributed by atoms with Crippen LogP contribution < -0.4 is 19.3 Å². The molecule has 10 nitrogen and oxygen atoms in total. The number of carbonyl (C=O) groups is 3. The summed E-state index contributed by atoms with van der Waals surface area (Å²) in [6.45, 7) is 6.20. The van der Waals surface area contributed by atoms with Gasteiger partial charge in [0.1, 0.15) is 11.4 Å². The molecule has 0 N–H and O–H groups in total. The van der Waals surface area contributed by atoms with Crippen molar-refractivity contribution in [1.82, 2.24) is 4.90 Å². The number of hydrogen-bond acceptors (Lipinski definition) is 7. The first kappa shape index (κ1) is 36.1. The van der Waals surface area contributed by atoms with E-state index in [0.29, 0.717) is 25.1 Å². The van der Waals surface area contributed by atoms with E-state index in [1.54, 1.807) is 49.8 Å². The van der Waals surface area contributed by atoms with Gasteiger partial charge in [-0.2, -0.15) is 8.78 Å². The Labute approximate surface area is 297 Å². The number of amides is 3. The minimum atomic E-state index is -4.02. The maximum atomic E-state index is 15.0. The normalized spacial score (nSPS) is 19.9. The van der Waals surface area contributed by atoms with Crippen LogP contribution in [0, 0.1) is 5.92 Å². The van der Waals surface area contributed by atoms with Crippen LogP contribution in [0.2, 0.25) is 0 Å². The monoisotopic (exact) mass is 705 g/mol. The van der Waals surface area contributed by atoms with E-state index >= 15 is 0 Å². The predicted octanol–water partition coefficient (Wildman–Crippen LogP) is 7.25. The van der Waals surface area contributed by atoms with Gasteiger partial charge >= 0.3 is 18.1 Å². The minimum absolute atomic E-state index is 0.0152. The number of rotatable bonds is 10. The molecule has 0 radical (unpaired) electrons. The van der Waals surface area contributed by atoms with Gasteiger partial charge in [-0.05, 0) is 99.4 Å². The lowest BCUT2D eigenvalue weighted by Gasteiger charge is -2.41. The number of fused-ring (bicyclic) bond motifs is 1. The van der Waals surface area contributed by atoms with Crippen LogP contribution in [0.15, 0.2) is 66.7 Å². The number of ether oxygens (including phenoxy) is 4. The lowest BCUT2D eigenvalue weighted by Crippen LogP contribution is -2.52. The lowest BCUT2D eigenvalue weighted by atomic mass is 9.78. The number of anilines is 2. The van der Waals surface area contributed by atoms with Gasteiger partial charge in [0.05, 0.1) is 18.7 Å². The summed E-state index contributed by atoms with van der Waals surface area (Å²) >= 11 is 0. The van der Waals surface area contributed by atoms with Crippen molar-refractivity contribution in [1.29, 1.82) is 0 Å². The van der Waals surface area contributed by atoms with Gasteiger partial charge in [0.2, 0.25) is 5.91 Å². The van der Waals surface area contributed by atoms with Crippen molar-refractivity contribution in [3.05, 3.63) is 72.3 Å². The topological polar surface area (TPSA) is 97.9 Å². The minimum Gasteiger partial charge on any atom is -0.497 e. The number of alkyl halides is 2. The number of carbonyl (C=O) groups excluding carboxylic acids is 3. The van der Waals surface area contributed by atoms with Crippen LogP contribution in [0.1, 0.15) is 57.9 Å². The fourth-order valence-corrected chi connectivity index (χ4v) is 6.86. The van der Waals surface area contributed by atoms with Crippen molar-refractivity contribution in [2.45, 2.75) is 70.1 Å². The Balaban J connectivity index is 1.37. The Morgan fingerprint density at radius 2 is 1.71 bits per heavy atom. The molecule has 0 aromatic heterocycles. The molecule has 0 bridgehead atoms. The molecule has 51 heavy (non-hydrogen) atoms.